The van der Waals surface area contributed by atoms with Crippen LogP contribution < -0.4 is 11.2 Å². The van der Waals surface area contributed by atoms with Gasteiger partial charge in [-0.25, -0.2) is 4.79 Å². The lowest BCUT2D eigenvalue weighted by molar-refractivity contribution is 0.959. The van der Waals surface area contributed by atoms with Crippen molar-refractivity contribution in [3.8, 4) is 0 Å². The minimum atomic E-state index is -0.602. The van der Waals surface area contributed by atoms with Crippen molar-refractivity contribution in [2.75, 3.05) is 0 Å². The lowest BCUT2D eigenvalue weighted by Gasteiger charge is -1.92. The average Bonchev–Trinajstić information content (AvgIpc) is 2.85. The van der Waals surface area contributed by atoms with E-state index in [-0.39, 0.29) is 5.69 Å². The van der Waals surface area contributed by atoms with Gasteiger partial charge in [-0.15, -0.1) is 10.2 Å². The summed E-state index contributed by atoms with van der Waals surface area (Å²) in [6.07, 6.45) is 1.19. The molecule has 0 amide bonds. The molecule has 0 saturated carbocycles. The Balaban J connectivity index is 1.97. The summed E-state index contributed by atoms with van der Waals surface area (Å²) in [5.74, 6) is 0. The first-order valence-electron chi connectivity index (χ1n) is 5.27. The number of azo groups is 1. The fourth-order valence-electron chi connectivity index (χ4n) is 1.48. The Hall–Kier alpha value is -3.10. The van der Waals surface area contributed by atoms with E-state index in [9.17, 15) is 9.59 Å². The Kier molecular flexibility index (Phi) is 2.49. The van der Waals surface area contributed by atoms with Gasteiger partial charge in [0.2, 0.25) is 0 Å². The van der Waals surface area contributed by atoms with E-state index in [4.69, 9.17) is 0 Å². The molecule has 3 N–H and O–H groups in total. The number of nitrogens with zero attached hydrogens (tertiary/aromatic N) is 4. The number of benzene rings is 1. The third kappa shape index (κ3) is 2.16. The van der Waals surface area contributed by atoms with E-state index in [1.165, 1.54) is 6.20 Å². The van der Waals surface area contributed by atoms with Gasteiger partial charge in [-0.3, -0.25) is 14.9 Å². The number of fused-ring (bicyclic) bond motifs is 1. The monoisotopic (exact) mass is 257 g/mol. The predicted octanol–water partition coefficient (Wildman–Crippen LogP) is 0.750. The smallest absolute Gasteiger partial charge is 0.312 e. The second-order valence-electron chi connectivity index (χ2n) is 3.67. The molecule has 9 nitrogen and oxygen atoms in total. The van der Waals surface area contributed by atoms with E-state index < -0.39 is 11.2 Å². The Labute approximate surface area is 104 Å². The number of H-pyrrole nitrogens is 3. The largest absolute Gasteiger partial charge is 0.325 e. The highest BCUT2D eigenvalue weighted by atomic mass is 16.2. The molecule has 0 spiro atoms. The topological polar surface area (TPSA) is 132 Å². The molecule has 0 saturated heterocycles. The van der Waals surface area contributed by atoms with Crippen molar-refractivity contribution in [2.45, 2.75) is 0 Å². The fourth-order valence-corrected chi connectivity index (χ4v) is 1.48. The van der Waals surface area contributed by atoms with Crippen LogP contribution in [0.15, 0.2) is 44.2 Å². The third-order valence-electron chi connectivity index (χ3n) is 2.38. The van der Waals surface area contributed by atoms with Crippen LogP contribution >= 0.6 is 0 Å². The van der Waals surface area contributed by atoms with Gasteiger partial charge < -0.3 is 4.98 Å². The number of hydrogen-bond acceptors (Lipinski definition) is 6. The van der Waals surface area contributed by atoms with Crippen LogP contribution in [0.3, 0.4) is 0 Å². The Morgan fingerprint density at radius 3 is 2.89 bits per heavy atom. The van der Waals surface area contributed by atoms with Crippen molar-refractivity contribution >= 4 is 22.4 Å². The van der Waals surface area contributed by atoms with Crippen molar-refractivity contribution in [2.24, 2.45) is 10.2 Å². The van der Waals surface area contributed by atoms with Crippen LogP contribution in [0.2, 0.25) is 0 Å². The zero-order valence-electron chi connectivity index (χ0n) is 9.41. The molecule has 0 aliphatic rings. The highest BCUT2D eigenvalue weighted by molar-refractivity contribution is 5.76. The molecule has 0 aliphatic carbocycles. The average molecular weight is 257 g/mol. The predicted molar refractivity (Wildman–Crippen MR) is 65.7 cm³/mol. The van der Waals surface area contributed by atoms with Crippen LogP contribution in [0.5, 0.6) is 0 Å². The molecular formula is C10H7N7O2. The maximum atomic E-state index is 11.4. The number of nitrogens with one attached hydrogen (secondary N) is 3. The zero-order chi connectivity index (χ0) is 13.2. The fraction of sp³-hybridized carbons (Fsp3) is 0. The minimum Gasteiger partial charge on any atom is -0.312 e. The summed E-state index contributed by atoms with van der Waals surface area (Å²) in [5, 5.41) is 17.9. The lowest BCUT2D eigenvalue weighted by Crippen LogP contribution is -2.20. The van der Waals surface area contributed by atoms with Crippen LogP contribution in [0.4, 0.5) is 11.4 Å². The Morgan fingerprint density at radius 1 is 1.16 bits per heavy atom. The first-order chi connectivity index (χ1) is 9.22. The molecular weight excluding hydrogens is 250 g/mol. The van der Waals surface area contributed by atoms with Crippen molar-refractivity contribution in [3.63, 3.8) is 0 Å². The van der Waals surface area contributed by atoms with E-state index >= 15 is 0 Å². The summed E-state index contributed by atoms with van der Waals surface area (Å²) in [7, 11) is 0. The summed E-state index contributed by atoms with van der Waals surface area (Å²) < 4.78 is 0. The molecule has 0 aliphatic heterocycles. The van der Waals surface area contributed by atoms with Crippen LogP contribution in [-0.4, -0.2) is 25.4 Å². The standard InChI is InChI=1S/C10H7N7O2/c18-9-8(4-11-10(19)12-9)14-13-5-1-2-6-7(3-5)16-17-15-6/h1-4H,(H,15,16,17)(H2,11,12,18,19)/b14-13+. The van der Waals surface area contributed by atoms with Crippen molar-refractivity contribution in [1.82, 2.24) is 25.4 Å². The number of aromatic nitrogens is 5. The third-order valence-corrected chi connectivity index (χ3v) is 2.38. The highest BCUT2D eigenvalue weighted by Gasteiger charge is 2.00. The molecule has 0 unspecified atom stereocenters. The molecule has 9 heteroatoms. The molecule has 1 aromatic carbocycles. The Bertz CT molecular complexity index is 873. The molecule has 3 rings (SSSR count). The van der Waals surface area contributed by atoms with Gasteiger partial charge in [0.15, 0.2) is 5.69 Å². The van der Waals surface area contributed by atoms with Gasteiger partial charge in [-0.2, -0.15) is 5.11 Å². The molecule has 0 radical (unpaired) electrons. The molecule has 0 atom stereocenters. The maximum absolute atomic E-state index is 11.4. The molecule has 0 fully saturated rings. The van der Waals surface area contributed by atoms with Crippen LogP contribution in [0, 0.1) is 0 Å². The maximum Gasteiger partial charge on any atom is 0.325 e. The number of hydrogen-bond donors (Lipinski definition) is 3. The summed E-state index contributed by atoms with van der Waals surface area (Å²) in [6, 6.07) is 5.12. The second-order valence-corrected chi connectivity index (χ2v) is 3.67. The molecule has 2 aromatic heterocycles. The summed E-state index contributed by atoms with van der Waals surface area (Å²) >= 11 is 0. The van der Waals surface area contributed by atoms with Gasteiger partial charge >= 0.3 is 5.69 Å². The second kappa shape index (κ2) is 4.29. The first kappa shape index (κ1) is 11.0. The summed E-state index contributed by atoms with van der Waals surface area (Å²) in [4.78, 5) is 26.6. The van der Waals surface area contributed by atoms with Gasteiger partial charge in [-0.1, -0.05) is 5.21 Å². The van der Waals surface area contributed by atoms with Crippen LogP contribution in [0.25, 0.3) is 11.0 Å². The normalized spacial score (nSPS) is 11.4. The van der Waals surface area contributed by atoms with E-state index in [1.807, 2.05) is 0 Å². The van der Waals surface area contributed by atoms with E-state index in [0.717, 1.165) is 5.52 Å². The van der Waals surface area contributed by atoms with Crippen molar-refractivity contribution in [3.05, 3.63) is 45.2 Å². The van der Waals surface area contributed by atoms with Gasteiger partial charge in [0.1, 0.15) is 5.52 Å². The minimum absolute atomic E-state index is 0.0137. The quantitative estimate of drug-likeness (QED) is 0.584. The summed E-state index contributed by atoms with van der Waals surface area (Å²) in [6.45, 7) is 0. The number of aromatic amines is 3. The Morgan fingerprint density at radius 2 is 2.05 bits per heavy atom. The van der Waals surface area contributed by atoms with Gasteiger partial charge in [-0.05, 0) is 18.2 Å². The first-order valence-corrected chi connectivity index (χ1v) is 5.27. The van der Waals surface area contributed by atoms with Crippen molar-refractivity contribution < 1.29 is 0 Å². The van der Waals surface area contributed by atoms with Crippen molar-refractivity contribution in [1.29, 1.82) is 0 Å². The van der Waals surface area contributed by atoms with Crippen LogP contribution in [0.1, 0.15) is 0 Å². The van der Waals surface area contributed by atoms with Gasteiger partial charge in [0, 0.05) is 6.20 Å². The lowest BCUT2D eigenvalue weighted by atomic mass is 10.3. The van der Waals surface area contributed by atoms with E-state index in [1.54, 1.807) is 18.2 Å². The SMILES string of the molecule is O=c1[nH]cc(/N=N/c2ccc3[nH]nnc3c2)c(=O)[nH]1. The van der Waals surface area contributed by atoms with E-state index in [0.29, 0.717) is 11.2 Å². The molecule has 94 valence electrons. The zero-order valence-corrected chi connectivity index (χ0v) is 9.41. The molecule has 2 heterocycles. The molecule has 19 heavy (non-hydrogen) atoms. The van der Waals surface area contributed by atoms with Gasteiger partial charge in [0.25, 0.3) is 5.56 Å². The molecule has 0 bridgehead atoms. The molecule has 3 aromatic rings. The van der Waals surface area contributed by atoms with Gasteiger partial charge in [0.05, 0.1) is 11.2 Å². The van der Waals surface area contributed by atoms with Crippen LogP contribution in [-0.2, 0) is 0 Å². The highest BCUT2D eigenvalue weighted by Crippen LogP contribution is 2.19. The summed E-state index contributed by atoms with van der Waals surface area (Å²) in [5.41, 5.74) is 0.766. The van der Waals surface area contributed by atoms with E-state index in [2.05, 4.69) is 35.6 Å². The number of rotatable bonds is 2.